The Labute approximate surface area is 141 Å². The third-order valence-corrected chi connectivity index (χ3v) is 3.88. The van der Waals surface area contributed by atoms with Crippen molar-refractivity contribution < 1.29 is 28.2 Å². The minimum atomic E-state index is -4.46. The van der Waals surface area contributed by atoms with Crippen molar-refractivity contribution in [3.63, 3.8) is 0 Å². The average Bonchev–Trinajstić information content (AvgIpc) is 2.52. The lowest BCUT2D eigenvalue weighted by atomic mass is 9.89. The number of aliphatic hydroxyl groups is 1. The molecule has 2 atom stereocenters. The van der Waals surface area contributed by atoms with Gasteiger partial charge in [-0.05, 0) is 41.8 Å². The van der Waals surface area contributed by atoms with Crippen molar-refractivity contribution in [3.05, 3.63) is 70.2 Å². The summed E-state index contributed by atoms with van der Waals surface area (Å²) in [4.78, 5) is 11.3. The van der Waals surface area contributed by atoms with Gasteiger partial charge in [-0.2, -0.15) is 13.2 Å². The molecule has 0 aliphatic carbocycles. The summed E-state index contributed by atoms with van der Waals surface area (Å²) < 4.78 is 37.6. The van der Waals surface area contributed by atoms with Gasteiger partial charge in [-0.1, -0.05) is 35.9 Å². The fourth-order valence-electron chi connectivity index (χ4n) is 2.30. The minimum absolute atomic E-state index is 0.162. The number of hydrogen-bond donors (Lipinski definition) is 1. The number of aliphatic carboxylic acids is 1. The van der Waals surface area contributed by atoms with Gasteiger partial charge >= 0.3 is 6.18 Å². The summed E-state index contributed by atoms with van der Waals surface area (Å²) in [5.74, 6) is -2.79. The topological polar surface area (TPSA) is 60.4 Å². The van der Waals surface area contributed by atoms with Crippen molar-refractivity contribution in [1.29, 1.82) is 0 Å². The van der Waals surface area contributed by atoms with Crippen LogP contribution in [0.3, 0.4) is 0 Å². The predicted octanol–water partition coefficient (Wildman–Crippen LogP) is 3.00. The number of benzene rings is 2. The summed E-state index contributed by atoms with van der Waals surface area (Å²) in [6.07, 6.45) is -5.99. The van der Waals surface area contributed by atoms with Gasteiger partial charge < -0.3 is 15.0 Å². The number of carbonyl (C=O) groups is 1. The second kappa shape index (κ2) is 7.23. The van der Waals surface area contributed by atoms with Crippen molar-refractivity contribution in [2.45, 2.75) is 18.7 Å². The average molecular weight is 358 g/mol. The van der Waals surface area contributed by atoms with Crippen molar-refractivity contribution in [2.24, 2.45) is 5.92 Å². The van der Waals surface area contributed by atoms with Gasteiger partial charge in [0.2, 0.25) is 0 Å². The lowest BCUT2D eigenvalue weighted by Gasteiger charge is -2.24. The van der Waals surface area contributed by atoms with Crippen LogP contribution in [0.5, 0.6) is 0 Å². The highest BCUT2D eigenvalue weighted by atomic mass is 35.5. The van der Waals surface area contributed by atoms with Gasteiger partial charge in [-0.15, -0.1) is 0 Å². The van der Waals surface area contributed by atoms with Crippen molar-refractivity contribution in [2.75, 3.05) is 0 Å². The number of aliphatic hydroxyl groups excluding tert-OH is 1. The lowest BCUT2D eigenvalue weighted by molar-refractivity contribution is -0.314. The maximum atomic E-state index is 12.5. The summed E-state index contributed by atoms with van der Waals surface area (Å²) in [6, 6.07) is 10.1. The van der Waals surface area contributed by atoms with E-state index in [0.29, 0.717) is 16.1 Å². The van der Waals surface area contributed by atoms with Gasteiger partial charge in [-0.25, -0.2) is 0 Å². The molecule has 7 heteroatoms. The van der Waals surface area contributed by atoms with Gasteiger partial charge in [0.25, 0.3) is 0 Å². The quantitative estimate of drug-likeness (QED) is 0.895. The van der Waals surface area contributed by atoms with E-state index in [2.05, 4.69) is 0 Å². The number of carboxylic acids is 1. The largest absolute Gasteiger partial charge is 0.550 e. The molecular formula is C17H13ClF3O3-. The zero-order chi connectivity index (χ0) is 17.9. The number of halogens is 4. The second-order valence-electron chi connectivity index (χ2n) is 5.32. The van der Waals surface area contributed by atoms with E-state index in [1.807, 2.05) is 0 Å². The van der Waals surface area contributed by atoms with E-state index in [0.717, 1.165) is 12.1 Å². The van der Waals surface area contributed by atoms with Crippen LogP contribution in [0.2, 0.25) is 5.02 Å². The van der Waals surface area contributed by atoms with Crippen LogP contribution in [0, 0.1) is 5.92 Å². The Bertz CT molecular complexity index is 697. The van der Waals surface area contributed by atoms with Gasteiger partial charge in [0.1, 0.15) is 0 Å². The molecule has 2 unspecified atom stereocenters. The van der Waals surface area contributed by atoms with Crippen LogP contribution >= 0.6 is 11.6 Å². The van der Waals surface area contributed by atoms with E-state index in [-0.39, 0.29) is 6.42 Å². The number of hydrogen-bond acceptors (Lipinski definition) is 3. The van der Waals surface area contributed by atoms with Gasteiger partial charge in [0.05, 0.1) is 11.7 Å². The number of rotatable bonds is 5. The molecule has 0 aliphatic heterocycles. The van der Waals surface area contributed by atoms with Gasteiger partial charge in [0.15, 0.2) is 0 Å². The molecule has 1 N–H and O–H groups in total. The van der Waals surface area contributed by atoms with Crippen LogP contribution in [-0.2, 0) is 17.4 Å². The highest BCUT2D eigenvalue weighted by Gasteiger charge is 2.30. The molecule has 0 aromatic heterocycles. The SMILES string of the molecule is O=C([O-])C(Cc1ccc(C(F)(F)F)cc1)C(O)c1ccc(Cl)cc1. The zero-order valence-corrected chi connectivity index (χ0v) is 13.0. The molecule has 0 saturated carbocycles. The Hall–Kier alpha value is -2.05. The second-order valence-corrected chi connectivity index (χ2v) is 5.76. The Morgan fingerprint density at radius 3 is 2.08 bits per heavy atom. The summed E-state index contributed by atoms with van der Waals surface area (Å²) in [6.45, 7) is 0. The van der Waals surface area contributed by atoms with Gasteiger partial charge in [0, 0.05) is 16.9 Å². The third-order valence-electron chi connectivity index (χ3n) is 3.63. The van der Waals surface area contributed by atoms with E-state index in [1.54, 1.807) is 0 Å². The fraction of sp³-hybridized carbons (Fsp3) is 0.235. The summed E-state index contributed by atoms with van der Waals surface area (Å²) >= 11 is 5.74. The molecule has 128 valence electrons. The molecule has 0 saturated heterocycles. The molecule has 0 amide bonds. The van der Waals surface area contributed by atoms with Crippen LogP contribution in [0.1, 0.15) is 22.8 Å². The van der Waals surface area contributed by atoms with E-state index in [4.69, 9.17) is 11.6 Å². The summed E-state index contributed by atoms with van der Waals surface area (Å²) in [5.41, 5.74) is -0.139. The molecule has 0 radical (unpaired) electrons. The Balaban J connectivity index is 2.19. The first-order valence-electron chi connectivity index (χ1n) is 6.99. The highest BCUT2D eigenvalue weighted by molar-refractivity contribution is 6.30. The smallest absolute Gasteiger partial charge is 0.416 e. The number of carbonyl (C=O) groups excluding carboxylic acids is 1. The first-order valence-corrected chi connectivity index (χ1v) is 7.37. The molecular weight excluding hydrogens is 345 g/mol. The Kier molecular flexibility index (Phi) is 5.51. The highest BCUT2D eigenvalue weighted by Crippen LogP contribution is 2.30. The van der Waals surface area contributed by atoms with Crippen molar-refractivity contribution in [3.8, 4) is 0 Å². The zero-order valence-electron chi connectivity index (χ0n) is 12.3. The van der Waals surface area contributed by atoms with Crippen molar-refractivity contribution in [1.82, 2.24) is 0 Å². The van der Waals surface area contributed by atoms with E-state index in [9.17, 15) is 28.2 Å². The number of carboxylic acid groups (broad SMARTS) is 1. The molecule has 0 aliphatic rings. The van der Waals surface area contributed by atoms with Gasteiger partial charge in [-0.3, -0.25) is 0 Å². The van der Waals surface area contributed by atoms with Crippen molar-refractivity contribution >= 4 is 17.6 Å². The molecule has 2 rings (SSSR count). The first kappa shape index (κ1) is 18.3. The van der Waals surface area contributed by atoms with Crippen LogP contribution in [-0.4, -0.2) is 11.1 Å². The Morgan fingerprint density at radius 1 is 1.08 bits per heavy atom. The molecule has 2 aromatic rings. The molecule has 0 bridgehead atoms. The molecule has 24 heavy (non-hydrogen) atoms. The maximum Gasteiger partial charge on any atom is 0.416 e. The first-order chi connectivity index (χ1) is 11.2. The van der Waals surface area contributed by atoms with E-state index < -0.39 is 29.7 Å². The molecule has 2 aromatic carbocycles. The van der Waals surface area contributed by atoms with Crippen LogP contribution < -0.4 is 5.11 Å². The third kappa shape index (κ3) is 4.49. The maximum absolute atomic E-state index is 12.5. The van der Waals surface area contributed by atoms with Crippen LogP contribution in [0.15, 0.2) is 48.5 Å². The molecule has 0 heterocycles. The summed E-state index contributed by atoms with van der Waals surface area (Å²) in [7, 11) is 0. The predicted molar refractivity (Wildman–Crippen MR) is 80.1 cm³/mol. The van der Waals surface area contributed by atoms with E-state index >= 15 is 0 Å². The molecule has 0 spiro atoms. The molecule has 3 nitrogen and oxygen atoms in total. The lowest BCUT2D eigenvalue weighted by Crippen LogP contribution is -2.36. The van der Waals surface area contributed by atoms with Crippen LogP contribution in [0.25, 0.3) is 0 Å². The normalized spacial score (nSPS) is 14.2. The standard InChI is InChI=1S/C17H14ClF3O3/c18-13-7-3-11(4-8-13)15(22)14(16(23)24)9-10-1-5-12(6-2-10)17(19,20)21/h1-8,14-15,22H,9H2,(H,23,24)/p-1. The number of alkyl halides is 3. The fourth-order valence-corrected chi connectivity index (χ4v) is 2.43. The summed E-state index contributed by atoms with van der Waals surface area (Å²) in [5, 5.41) is 22.0. The van der Waals surface area contributed by atoms with E-state index in [1.165, 1.54) is 36.4 Å². The monoisotopic (exact) mass is 357 g/mol. The Morgan fingerprint density at radius 2 is 1.62 bits per heavy atom. The van der Waals surface area contributed by atoms with Crippen LogP contribution in [0.4, 0.5) is 13.2 Å². The minimum Gasteiger partial charge on any atom is -0.550 e. The molecule has 0 fully saturated rings.